The van der Waals surface area contributed by atoms with E-state index in [4.69, 9.17) is 5.11 Å². The Balaban J connectivity index is 2.36. The van der Waals surface area contributed by atoms with Gasteiger partial charge < -0.3 is 5.11 Å². The van der Waals surface area contributed by atoms with Gasteiger partial charge in [0.1, 0.15) is 0 Å². The zero-order valence-electron chi connectivity index (χ0n) is 11.5. The number of nitrogens with zero attached hydrogens (tertiary/aromatic N) is 1. The maximum atomic E-state index is 12.9. The van der Waals surface area contributed by atoms with Crippen molar-refractivity contribution in [3.63, 3.8) is 0 Å². The lowest BCUT2D eigenvalue weighted by molar-refractivity contribution is 0.198. The Morgan fingerprint density at radius 1 is 1.40 bits per heavy atom. The summed E-state index contributed by atoms with van der Waals surface area (Å²) >= 11 is 3.34. The molecule has 1 aromatic carbocycles. The van der Waals surface area contributed by atoms with Gasteiger partial charge in [-0.2, -0.15) is 4.31 Å². The van der Waals surface area contributed by atoms with Crippen LogP contribution in [0.4, 0.5) is 0 Å². The molecule has 0 spiro atoms. The van der Waals surface area contributed by atoms with Crippen LogP contribution < -0.4 is 0 Å². The molecule has 1 aromatic rings. The van der Waals surface area contributed by atoms with Crippen molar-refractivity contribution in [2.75, 3.05) is 13.2 Å². The highest BCUT2D eigenvalue weighted by Gasteiger charge is 2.35. The average molecular weight is 362 g/mol. The van der Waals surface area contributed by atoms with Crippen molar-refractivity contribution in [1.29, 1.82) is 0 Å². The molecule has 112 valence electrons. The Kier molecular flexibility index (Phi) is 5.23. The molecule has 4 nitrogen and oxygen atoms in total. The smallest absolute Gasteiger partial charge is 0.243 e. The minimum absolute atomic E-state index is 0.0101. The summed E-state index contributed by atoms with van der Waals surface area (Å²) in [5.74, 6) is 0. The number of hydrogen-bond acceptors (Lipinski definition) is 3. The molecule has 0 saturated heterocycles. The number of rotatable bonds is 6. The molecule has 0 heterocycles. The van der Waals surface area contributed by atoms with Gasteiger partial charge in [0.2, 0.25) is 10.0 Å². The fourth-order valence-corrected chi connectivity index (χ4v) is 4.87. The van der Waals surface area contributed by atoms with E-state index in [2.05, 4.69) is 15.9 Å². The van der Waals surface area contributed by atoms with Gasteiger partial charge in [-0.15, -0.1) is 0 Å². The van der Waals surface area contributed by atoms with E-state index in [9.17, 15) is 8.42 Å². The summed E-state index contributed by atoms with van der Waals surface area (Å²) in [4.78, 5) is 0.358. The normalized spacial score (nSPS) is 16.4. The number of aliphatic hydroxyl groups excluding tert-OH is 1. The van der Waals surface area contributed by atoms with Crippen molar-refractivity contribution >= 4 is 26.0 Å². The molecular weight excluding hydrogens is 342 g/mol. The molecule has 20 heavy (non-hydrogen) atoms. The number of sulfonamides is 1. The third kappa shape index (κ3) is 3.24. The van der Waals surface area contributed by atoms with E-state index in [1.165, 1.54) is 0 Å². The van der Waals surface area contributed by atoms with E-state index in [0.29, 0.717) is 17.9 Å². The van der Waals surface area contributed by atoms with Crippen LogP contribution in [0.1, 0.15) is 31.2 Å². The predicted octanol–water partition coefficient (Wildman–Crippen LogP) is 2.68. The summed E-state index contributed by atoms with van der Waals surface area (Å²) in [7, 11) is -3.49. The Hall–Kier alpha value is -0.430. The summed E-state index contributed by atoms with van der Waals surface area (Å²) in [5.41, 5.74) is 0.751. The van der Waals surface area contributed by atoms with Gasteiger partial charge in [-0.25, -0.2) is 8.42 Å². The average Bonchev–Trinajstić information content (AvgIpc) is 2.34. The first-order valence-electron chi connectivity index (χ1n) is 6.85. The van der Waals surface area contributed by atoms with Gasteiger partial charge in [0, 0.05) is 23.7 Å². The number of halogens is 1. The molecule has 2 rings (SSSR count). The lowest BCUT2D eigenvalue weighted by atomic mass is 9.93. The van der Waals surface area contributed by atoms with E-state index in [1.807, 2.05) is 19.1 Å². The second-order valence-electron chi connectivity index (χ2n) is 5.19. The highest BCUT2D eigenvalue weighted by atomic mass is 79.9. The van der Waals surface area contributed by atoms with E-state index in [0.717, 1.165) is 29.3 Å². The van der Waals surface area contributed by atoms with Crippen molar-refractivity contribution in [1.82, 2.24) is 4.31 Å². The standard InChI is InChI=1S/C14H20BrNO3S/c1-11-6-7-12(15)10-14(11)20(18,19)16(8-3-9-17)13-4-2-5-13/h6-7,10,13,17H,2-5,8-9H2,1H3. The van der Waals surface area contributed by atoms with Crippen LogP contribution in [-0.2, 0) is 10.0 Å². The largest absolute Gasteiger partial charge is 0.396 e. The van der Waals surface area contributed by atoms with Gasteiger partial charge in [0.25, 0.3) is 0 Å². The molecular formula is C14H20BrNO3S. The Morgan fingerprint density at radius 3 is 2.65 bits per heavy atom. The van der Waals surface area contributed by atoms with E-state index in [-0.39, 0.29) is 12.6 Å². The Labute approximate surface area is 129 Å². The van der Waals surface area contributed by atoms with Crippen molar-refractivity contribution in [2.24, 2.45) is 0 Å². The predicted molar refractivity (Wildman–Crippen MR) is 82.1 cm³/mol. The van der Waals surface area contributed by atoms with Gasteiger partial charge in [0.15, 0.2) is 0 Å². The zero-order chi connectivity index (χ0) is 14.8. The van der Waals surface area contributed by atoms with Gasteiger partial charge in [-0.3, -0.25) is 0 Å². The van der Waals surface area contributed by atoms with Crippen LogP contribution in [0.15, 0.2) is 27.6 Å². The fraction of sp³-hybridized carbons (Fsp3) is 0.571. The summed E-state index contributed by atoms with van der Waals surface area (Å²) < 4.78 is 28.1. The minimum atomic E-state index is -3.49. The van der Waals surface area contributed by atoms with Gasteiger partial charge in [-0.1, -0.05) is 28.4 Å². The van der Waals surface area contributed by atoms with Crippen molar-refractivity contribution in [3.8, 4) is 0 Å². The summed E-state index contributed by atoms with van der Waals surface area (Å²) in [6.45, 7) is 2.20. The van der Waals surface area contributed by atoms with E-state index in [1.54, 1.807) is 10.4 Å². The fourth-order valence-electron chi connectivity index (χ4n) is 2.38. The summed E-state index contributed by atoms with van der Waals surface area (Å²) in [6, 6.07) is 5.40. The van der Waals surface area contributed by atoms with Crippen LogP contribution in [0.25, 0.3) is 0 Å². The monoisotopic (exact) mass is 361 g/mol. The molecule has 0 amide bonds. The summed E-state index contributed by atoms with van der Waals surface area (Å²) in [6.07, 6.45) is 3.38. The van der Waals surface area contributed by atoms with Crippen LogP contribution >= 0.6 is 15.9 Å². The second-order valence-corrected chi connectivity index (χ2v) is 7.96. The molecule has 6 heteroatoms. The van der Waals surface area contributed by atoms with Crippen LogP contribution in [0, 0.1) is 6.92 Å². The molecule has 1 fully saturated rings. The first-order valence-corrected chi connectivity index (χ1v) is 9.09. The van der Waals surface area contributed by atoms with Crippen molar-refractivity contribution in [3.05, 3.63) is 28.2 Å². The topological polar surface area (TPSA) is 57.6 Å². The van der Waals surface area contributed by atoms with E-state index >= 15 is 0 Å². The van der Waals surface area contributed by atoms with Crippen LogP contribution in [0.2, 0.25) is 0 Å². The Morgan fingerprint density at radius 2 is 2.10 bits per heavy atom. The lowest BCUT2D eigenvalue weighted by Crippen LogP contribution is -2.45. The molecule has 1 saturated carbocycles. The van der Waals surface area contributed by atoms with Crippen molar-refractivity contribution in [2.45, 2.75) is 43.5 Å². The lowest BCUT2D eigenvalue weighted by Gasteiger charge is -2.36. The summed E-state index contributed by atoms with van der Waals surface area (Å²) in [5, 5.41) is 8.99. The molecule has 0 atom stereocenters. The first-order chi connectivity index (χ1) is 9.46. The number of aliphatic hydroxyl groups is 1. The highest BCUT2D eigenvalue weighted by Crippen LogP contribution is 2.32. The number of benzene rings is 1. The highest BCUT2D eigenvalue weighted by molar-refractivity contribution is 9.10. The quantitative estimate of drug-likeness (QED) is 0.847. The molecule has 1 aliphatic rings. The molecule has 0 aromatic heterocycles. The zero-order valence-corrected chi connectivity index (χ0v) is 14.0. The van der Waals surface area contributed by atoms with Gasteiger partial charge in [-0.05, 0) is 43.9 Å². The molecule has 1 N–H and O–H groups in total. The van der Waals surface area contributed by atoms with Crippen LogP contribution in [0.3, 0.4) is 0 Å². The van der Waals surface area contributed by atoms with Gasteiger partial charge in [0.05, 0.1) is 4.90 Å². The maximum Gasteiger partial charge on any atom is 0.243 e. The molecule has 0 unspecified atom stereocenters. The molecule has 0 radical (unpaired) electrons. The first kappa shape index (κ1) is 15.9. The molecule has 0 bridgehead atoms. The molecule has 1 aliphatic carbocycles. The van der Waals surface area contributed by atoms with Gasteiger partial charge >= 0.3 is 0 Å². The minimum Gasteiger partial charge on any atom is -0.396 e. The van der Waals surface area contributed by atoms with Crippen molar-refractivity contribution < 1.29 is 13.5 Å². The second kappa shape index (κ2) is 6.56. The Bertz CT molecular complexity index is 570. The van der Waals surface area contributed by atoms with Crippen LogP contribution in [-0.4, -0.2) is 37.0 Å². The maximum absolute atomic E-state index is 12.9. The third-order valence-corrected chi connectivity index (χ3v) is 6.34. The number of hydrogen-bond donors (Lipinski definition) is 1. The molecule has 0 aliphatic heterocycles. The third-order valence-electron chi connectivity index (χ3n) is 3.76. The number of aryl methyl sites for hydroxylation is 1. The van der Waals surface area contributed by atoms with E-state index < -0.39 is 10.0 Å². The van der Waals surface area contributed by atoms with Crippen LogP contribution in [0.5, 0.6) is 0 Å². The SMILES string of the molecule is Cc1ccc(Br)cc1S(=O)(=O)N(CCCO)C1CCC1.